The third kappa shape index (κ3) is 5.09. The monoisotopic (exact) mass is 366 g/mol. The van der Waals surface area contributed by atoms with Gasteiger partial charge in [0.1, 0.15) is 0 Å². The summed E-state index contributed by atoms with van der Waals surface area (Å²) in [6, 6.07) is 17.3. The van der Waals surface area contributed by atoms with Crippen LogP contribution in [0.15, 0.2) is 54.6 Å². The quantitative estimate of drug-likeness (QED) is 0.754. The number of ether oxygens (including phenoxy) is 1. The Morgan fingerprint density at radius 2 is 1.74 bits per heavy atom. The molecule has 1 N–H and O–H groups in total. The van der Waals surface area contributed by atoms with E-state index in [0.717, 1.165) is 11.1 Å². The fourth-order valence-electron chi connectivity index (χ4n) is 3.17. The Balaban J connectivity index is 1.62. The second kappa shape index (κ2) is 8.71. The number of benzene rings is 2. The van der Waals surface area contributed by atoms with Crippen molar-refractivity contribution in [2.24, 2.45) is 5.92 Å². The number of hydrogen-bond donors (Lipinski definition) is 1. The van der Waals surface area contributed by atoms with E-state index in [2.05, 4.69) is 12.2 Å². The molecule has 3 rings (SSSR count). The van der Waals surface area contributed by atoms with Crippen molar-refractivity contribution in [1.29, 1.82) is 0 Å². The highest BCUT2D eigenvalue weighted by atomic mass is 16.5. The Hall–Kier alpha value is -2.82. The van der Waals surface area contributed by atoms with Crippen LogP contribution in [0.3, 0.4) is 0 Å². The molecule has 27 heavy (non-hydrogen) atoms. The number of nitrogens with one attached hydrogen (secondary N) is 1. The summed E-state index contributed by atoms with van der Waals surface area (Å²) in [6.45, 7) is 3.15. The zero-order valence-electron chi connectivity index (χ0n) is 15.9. The SMILES string of the molecule is COC(=O)c1ccc(CNC(=O)N(Cc2ccccc2)[C@@H](C)C2CC2)cc1. The smallest absolute Gasteiger partial charge is 0.337 e. The topological polar surface area (TPSA) is 58.6 Å². The summed E-state index contributed by atoms with van der Waals surface area (Å²) in [6.07, 6.45) is 2.38. The number of carbonyl (C=O) groups excluding carboxylic acids is 2. The minimum atomic E-state index is -0.363. The van der Waals surface area contributed by atoms with E-state index in [4.69, 9.17) is 4.74 Å². The molecular formula is C22H26N2O3. The lowest BCUT2D eigenvalue weighted by atomic mass is 10.1. The van der Waals surface area contributed by atoms with Gasteiger partial charge < -0.3 is 15.0 Å². The molecule has 1 aliphatic rings. The van der Waals surface area contributed by atoms with Crippen LogP contribution in [0.4, 0.5) is 4.79 Å². The van der Waals surface area contributed by atoms with Crippen LogP contribution in [0.25, 0.3) is 0 Å². The van der Waals surface area contributed by atoms with Crippen molar-refractivity contribution in [3.63, 3.8) is 0 Å². The van der Waals surface area contributed by atoms with Crippen molar-refractivity contribution in [1.82, 2.24) is 10.2 Å². The number of esters is 1. The molecule has 1 atom stereocenters. The highest BCUT2D eigenvalue weighted by molar-refractivity contribution is 5.89. The number of carbonyl (C=O) groups is 2. The van der Waals surface area contributed by atoms with E-state index in [1.165, 1.54) is 20.0 Å². The second-order valence-electron chi connectivity index (χ2n) is 7.04. The number of hydrogen-bond acceptors (Lipinski definition) is 3. The van der Waals surface area contributed by atoms with Gasteiger partial charge in [-0.3, -0.25) is 0 Å². The predicted molar refractivity (Wildman–Crippen MR) is 104 cm³/mol. The van der Waals surface area contributed by atoms with Crippen LogP contribution in [-0.4, -0.2) is 30.1 Å². The van der Waals surface area contributed by atoms with E-state index in [0.29, 0.717) is 24.6 Å². The molecule has 1 fully saturated rings. The molecule has 0 heterocycles. The number of methoxy groups -OCH3 is 1. The van der Waals surface area contributed by atoms with Crippen LogP contribution < -0.4 is 5.32 Å². The summed E-state index contributed by atoms with van der Waals surface area (Å²) < 4.78 is 4.70. The molecule has 0 unspecified atom stereocenters. The molecule has 142 valence electrons. The average Bonchev–Trinajstić information content (AvgIpc) is 3.55. The van der Waals surface area contributed by atoms with Gasteiger partial charge in [0, 0.05) is 19.1 Å². The van der Waals surface area contributed by atoms with Gasteiger partial charge in [-0.15, -0.1) is 0 Å². The summed E-state index contributed by atoms with van der Waals surface area (Å²) >= 11 is 0. The maximum absolute atomic E-state index is 12.9. The minimum absolute atomic E-state index is 0.0599. The van der Waals surface area contributed by atoms with Crippen molar-refractivity contribution >= 4 is 12.0 Å². The maximum atomic E-state index is 12.9. The second-order valence-corrected chi connectivity index (χ2v) is 7.04. The lowest BCUT2D eigenvalue weighted by Gasteiger charge is -2.30. The number of amides is 2. The van der Waals surface area contributed by atoms with Crippen LogP contribution in [-0.2, 0) is 17.8 Å². The summed E-state index contributed by atoms with van der Waals surface area (Å²) in [4.78, 5) is 26.3. The standard InChI is InChI=1S/C22H26N2O3/c1-16(19-12-13-19)24(15-18-6-4-3-5-7-18)22(26)23-14-17-8-10-20(11-9-17)21(25)27-2/h3-11,16,19H,12-15H2,1-2H3,(H,23,26)/t16-/m0/s1. The van der Waals surface area contributed by atoms with Crippen molar-refractivity contribution in [2.45, 2.75) is 38.9 Å². The molecule has 2 amide bonds. The maximum Gasteiger partial charge on any atom is 0.337 e. The third-order valence-electron chi connectivity index (χ3n) is 5.07. The summed E-state index contributed by atoms with van der Waals surface area (Å²) in [5.74, 6) is 0.233. The zero-order valence-corrected chi connectivity index (χ0v) is 15.9. The summed E-state index contributed by atoms with van der Waals surface area (Å²) in [7, 11) is 1.36. The summed E-state index contributed by atoms with van der Waals surface area (Å²) in [5.41, 5.74) is 2.57. The molecule has 5 heteroatoms. The highest BCUT2D eigenvalue weighted by Gasteiger charge is 2.34. The molecule has 1 aliphatic carbocycles. The fourth-order valence-corrected chi connectivity index (χ4v) is 3.17. The van der Waals surface area contributed by atoms with E-state index >= 15 is 0 Å². The molecular weight excluding hydrogens is 340 g/mol. The lowest BCUT2D eigenvalue weighted by molar-refractivity contribution is 0.0600. The molecule has 0 aromatic heterocycles. The first-order chi connectivity index (χ1) is 13.1. The van der Waals surface area contributed by atoms with E-state index < -0.39 is 0 Å². The fraction of sp³-hybridized carbons (Fsp3) is 0.364. The molecule has 0 radical (unpaired) electrons. The third-order valence-corrected chi connectivity index (χ3v) is 5.07. The highest BCUT2D eigenvalue weighted by Crippen LogP contribution is 2.35. The minimum Gasteiger partial charge on any atom is -0.465 e. The molecule has 0 saturated heterocycles. The normalized spacial score (nSPS) is 14.3. The van der Waals surface area contributed by atoms with Crippen molar-refractivity contribution < 1.29 is 14.3 Å². The van der Waals surface area contributed by atoms with Gasteiger partial charge >= 0.3 is 12.0 Å². The van der Waals surface area contributed by atoms with E-state index in [9.17, 15) is 9.59 Å². The Bertz CT molecular complexity index is 770. The van der Waals surface area contributed by atoms with Gasteiger partial charge in [-0.2, -0.15) is 0 Å². The van der Waals surface area contributed by atoms with E-state index in [1.807, 2.05) is 47.4 Å². The van der Waals surface area contributed by atoms with Gasteiger partial charge in [0.25, 0.3) is 0 Å². The largest absolute Gasteiger partial charge is 0.465 e. The molecule has 2 aromatic carbocycles. The molecule has 1 saturated carbocycles. The van der Waals surface area contributed by atoms with Crippen LogP contribution >= 0.6 is 0 Å². The number of nitrogens with zero attached hydrogens (tertiary/aromatic N) is 1. The number of rotatable bonds is 7. The first-order valence-electron chi connectivity index (χ1n) is 9.34. The van der Waals surface area contributed by atoms with Crippen molar-refractivity contribution in [2.75, 3.05) is 7.11 Å². The Kier molecular flexibility index (Phi) is 6.12. The van der Waals surface area contributed by atoms with Crippen LogP contribution in [0.5, 0.6) is 0 Å². The van der Waals surface area contributed by atoms with Gasteiger partial charge in [0.15, 0.2) is 0 Å². The van der Waals surface area contributed by atoms with Crippen LogP contribution in [0.1, 0.15) is 41.3 Å². The first kappa shape index (κ1) is 19.0. The number of urea groups is 1. The molecule has 5 nitrogen and oxygen atoms in total. The van der Waals surface area contributed by atoms with Crippen LogP contribution in [0, 0.1) is 5.92 Å². The van der Waals surface area contributed by atoms with Gasteiger partial charge in [-0.05, 0) is 48.9 Å². The molecule has 0 spiro atoms. The molecule has 0 bridgehead atoms. The first-order valence-corrected chi connectivity index (χ1v) is 9.34. The van der Waals surface area contributed by atoms with Crippen molar-refractivity contribution in [3.05, 3.63) is 71.3 Å². The van der Waals surface area contributed by atoms with E-state index in [1.54, 1.807) is 12.1 Å². The van der Waals surface area contributed by atoms with Crippen LogP contribution in [0.2, 0.25) is 0 Å². The molecule has 0 aliphatic heterocycles. The Labute approximate surface area is 160 Å². The predicted octanol–water partition coefficient (Wildman–Crippen LogP) is 3.98. The van der Waals surface area contributed by atoms with Gasteiger partial charge in [-0.25, -0.2) is 9.59 Å². The lowest BCUT2D eigenvalue weighted by Crippen LogP contribution is -2.45. The Morgan fingerprint density at radius 3 is 2.33 bits per heavy atom. The van der Waals surface area contributed by atoms with Gasteiger partial charge in [0.05, 0.1) is 12.7 Å². The van der Waals surface area contributed by atoms with E-state index in [-0.39, 0.29) is 18.0 Å². The Morgan fingerprint density at radius 1 is 1.07 bits per heavy atom. The molecule has 2 aromatic rings. The average molecular weight is 366 g/mol. The van der Waals surface area contributed by atoms with Gasteiger partial charge in [0.2, 0.25) is 0 Å². The zero-order chi connectivity index (χ0) is 19.2. The van der Waals surface area contributed by atoms with Crippen molar-refractivity contribution in [3.8, 4) is 0 Å². The van der Waals surface area contributed by atoms with Gasteiger partial charge in [-0.1, -0.05) is 42.5 Å². The summed E-state index contributed by atoms with van der Waals surface area (Å²) in [5, 5.41) is 3.02.